The van der Waals surface area contributed by atoms with Gasteiger partial charge in [0.15, 0.2) is 0 Å². The van der Waals surface area contributed by atoms with Crippen molar-refractivity contribution in [3.05, 3.63) is 77.4 Å². The van der Waals surface area contributed by atoms with E-state index in [1.54, 1.807) is 54.9 Å². The predicted molar refractivity (Wildman–Crippen MR) is 111 cm³/mol. The molecule has 0 unspecified atom stereocenters. The van der Waals surface area contributed by atoms with E-state index in [-0.39, 0.29) is 12.1 Å². The lowest BCUT2D eigenvalue weighted by Gasteiger charge is -2.26. The summed E-state index contributed by atoms with van der Waals surface area (Å²) in [5, 5.41) is 0. The highest BCUT2D eigenvalue weighted by atomic mass is 19.1. The maximum Gasteiger partial charge on any atom is 0.261 e. The molecular weight excluding hydrogens is 399 g/mol. The van der Waals surface area contributed by atoms with Crippen LogP contribution < -0.4 is 4.90 Å². The molecule has 0 radical (unpaired) electrons. The summed E-state index contributed by atoms with van der Waals surface area (Å²) in [5.74, 6) is -0.747. The van der Waals surface area contributed by atoms with Gasteiger partial charge in [0, 0.05) is 42.2 Å². The fourth-order valence-corrected chi connectivity index (χ4v) is 3.86. The van der Waals surface area contributed by atoms with E-state index in [1.165, 1.54) is 0 Å². The number of benzene rings is 2. The van der Waals surface area contributed by atoms with Crippen molar-refractivity contribution in [3.63, 3.8) is 0 Å². The monoisotopic (exact) mass is 418 g/mol. The molecule has 2 aliphatic heterocycles. The van der Waals surface area contributed by atoms with E-state index < -0.39 is 17.6 Å². The van der Waals surface area contributed by atoms with E-state index in [4.69, 9.17) is 4.74 Å². The number of imide groups is 1. The number of fused-ring (bicyclic) bond motifs is 1. The molecule has 0 N–H and O–H groups in total. The minimum absolute atomic E-state index is 0.140. The van der Waals surface area contributed by atoms with Gasteiger partial charge in [0.25, 0.3) is 11.8 Å². The number of carbonyl (C=O) groups excluding carboxylic acids is 2. The van der Waals surface area contributed by atoms with Crippen molar-refractivity contribution in [1.82, 2.24) is 14.9 Å². The van der Waals surface area contributed by atoms with Crippen molar-refractivity contribution in [2.45, 2.75) is 6.54 Å². The minimum atomic E-state index is -0.498. The molecule has 0 spiro atoms. The maximum atomic E-state index is 15.3. The first-order valence-electron chi connectivity index (χ1n) is 10.0. The van der Waals surface area contributed by atoms with Gasteiger partial charge in [-0.25, -0.2) is 14.4 Å². The number of morpholine rings is 1. The van der Waals surface area contributed by atoms with Crippen LogP contribution >= 0.6 is 0 Å². The van der Waals surface area contributed by atoms with Gasteiger partial charge in [-0.1, -0.05) is 30.3 Å². The fraction of sp³-hybridized carbons (Fsp3) is 0.217. The van der Waals surface area contributed by atoms with Gasteiger partial charge in [-0.2, -0.15) is 0 Å². The number of aromatic nitrogens is 2. The molecule has 1 fully saturated rings. The van der Waals surface area contributed by atoms with Crippen LogP contribution in [0.5, 0.6) is 0 Å². The predicted octanol–water partition coefficient (Wildman–Crippen LogP) is 2.92. The van der Waals surface area contributed by atoms with Crippen LogP contribution in [0.2, 0.25) is 0 Å². The molecule has 3 heterocycles. The number of amides is 2. The van der Waals surface area contributed by atoms with Crippen molar-refractivity contribution < 1.29 is 18.7 Å². The second kappa shape index (κ2) is 7.88. The number of carbonyl (C=O) groups is 2. The second-order valence-electron chi connectivity index (χ2n) is 7.39. The van der Waals surface area contributed by atoms with Crippen LogP contribution in [0.4, 0.5) is 10.3 Å². The first kappa shape index (κ1) is 19.3. The molecule has 1 saturated heterocycles. The highest BCUT2D eigenvalue weighted by molar-refractivity contribution is 6.21. The molecule has 156 valence electrons. The summed E-state index contributed by atoms with van der Waals surface area (Å²) < 4.78 is 20.7. The van der Waals surface area contributed by atoms with Crippen LogP contribution in [-0.2, 0) is 11.3 Å². The lowest BCUT2D eigenvalue weighted by atomic mass is 10.0. The van der Waals surface area contributed by atoms with Crippen LogP contribution in [0, 0.1) is 5.82 Å². The van der Waals surface area contributed by atoms with Crippen LogP contribution in [0.1, 0.15) is 26.3 Å². The number of nitrogens with zero attached hydrogens (tertiary/aromatic N) is 4. The molecule has 0 atom stereocenters. The Hall–Kier alpha value is -3.65. The number of hydrogen-bond acceptors (Lipinski definition) is 6. The zero-order valence-corrected chi connectivity index (χ0v) is 16.6. The fourth-order valence-electron chi connectivity index (χ4n) is 3.86. The quantitative estimate of drug-likeness (QED) is 0.607. The molecule has 8 heteroatoms. The van der Waals surface area contributed by atoms with Gasteiger partial charge in [-0.05, 0) is 12.1 Å². The third-order valence-corrected chi connectivity index (χ3v) is 5.53. The molecule has 5 rings (SSSR count). The number of ether oxygens (including phenoxy) is 1. The molecule has 1 aromatic heterocycles. The van der Waals surface area contributed by atoms with E-state index in [0.29, 0.717) is 54.5 Å². The zero-order chi connectivity index (χ0) is 21.4. The highest BCUT2D eigenvalue weighted by Crippen LogP contribution is 2.29. The lowest BCUT2D eigenvalue weighted by molar-refractivity contribution is 0.0641. The Bertz CT molecular complexity index is 1120. The summed E-state index contributed by atoms with van der Waals surface area (Å²) in [4.78, 5) is 37.1. The first-order valence-corrected chi connectivity index (χ1v) is 10.0. The number of anilines is 1. The Labute approximate surface area is 178 Å². The largest absolute Gasteiger partial charge is 0.378 e. The Morgan fingerprint density at radius 3 is 2.13 bits per heavy atom. The van der Waals surface area contributed by atoms with Crippen LogP contribution in [-0.4, -0.2) is 53.0 Å². The smallest absolute Gasteiger partial charge is 0.261 e. The van der Waals surface area contributed by atoms with Gasteiger partial charge in [0.2, 0.25) is 5.95 Å². The van der Waals surface area contributed by atoms with Gasteiger partial charge in [0.1, 0.15) is 5.82 Å². The van der Waals surface area contributed by atoms with Crippen molar-refractivity contribution >= 4 is 17.8 Å². The summed E-state index contributed by atoms with van der Waals surface area (Å²) in [6, 6.07) is 11.5. The molecule has 2 aromatic carbocycles. The number of halogens is 1. The van der Waals surface area contributed by atoms with Crippen molar-refractivity contribution in [2.24, 2.45) is 0 Å². The molecule has 0 bridgehead atoms. The van der Waals surface area contributed by atoms with E-state index in [1.807, 2.05) is 4.90 Å². The average Bonchev–Trinajstić information content (AvgIpc) is 3.06. The van der Waals surface area contributed by atoms with Gasteiger partial charge < -0.3 is 9.64 Å². The Morgan fingerprint density at radius 2 is 1.48 bits per heavy atom. The van der Waals surface area contributed by atoms with Crippen molar-refractivity contribution in [1.29, 1.82) is 0 Å². The third-order valence-electron chi connectivity index (χ3n) is 5.53. The van der Waals surface area contributed by atoms with E-state index in [9.17, 15) is 9.59 Å². The SMILES string of the molecule is O=C1c2ccccc2C(=O)N1Cc1cccc(-c2cnc(N3CCOCC3)nc2)c1F. The second-order valence-corrected chi connectivity index (χ2v) is 7.39. The van der Waals surface area contributed by atoms with Crippen LogP contribution in [0.3, 0.4) is 0 Å². The summed E-state index contributed by atoms with van der Waals surface area (Å²) in [6.45, 7) is 2.53. The Balaban J connectivity index is 1.40. The zero-order valence-electron chi connectivity index (χ0n) is 16.6. The molecule has 3 aromatic rings. The van der Waals surface area contributed by atoms with Crippen molar-refractivity contribution in [3.8, 4) is 11.1 Å². The number of rotatable bonds is 4. The summed E-state index contributed by atoms with van der Waals surface area (Å²) >= 11 is 0. The molecule has 2 amide bonds. The van der Waals surface area contributed by atoms with Gasteiger partial charge >= 0.3 is 0 Å². The standard InChI is InChI=1S/C23H19FN4O3/c24-20-15(14-28-21(29)18-5-1-2-6-19(18)22(28)30)4-3-7-17(20)16-12-25-23(26-13-16)27-8-10-31-11-9-27/h1-7,12-13H,8-11,14H2. The van der Waals surface area contributed by atoms with E-state index >= 15 is 4.39 Å². The van der Waals surface area contributed by atoms with E-state index in [0.717, 1.165) is 4.90 Å². The Kier molecular flexibility index (Phi) is 4.91. The molecule has 31 heavy (non-hydrogen) atoms. The normalized spacial score (nSPS) is 16.0. The minimum Gasteiger partial charge on any atom is -0.378 e. The molecular formula is C23H19FN4O3. The molecule has 0 aliphatic carbocycles. The average molecular weight is 418 g/mol. The molecule has 7 nitrogen and oxygen atoms in total. The molecule has 0 saturated carbocycles. The maximum absolute atomic E-state index is 15.3. The summed E-state index contributed by atoms with van der Waals surface area (Å²) in [7, 11) is 0. The number of hydrogen-bond donors (Lipinski definition) is 0. The van der Waals surface area contributed by atoms with Crippen LogP contribution in [0.25, 0.3) is 11.1 Å². The summed E-state index contributed by atoms with van der Waals surface area (Å²) in [6.07, 6.45) is 3.17. The Morgan fingerprint density at radius 1 is 0.871 bits per heavy atom. The molecule has 2 aliphatic rings. The van der Waals surface area contributed by atoms with Gasteiger partial charge in [-0.3, -0.25) is 14.5 Å². The third kappa shape index (κ3) is 3.44. The van der Waals surface area contributed by atoms with Crippen LogP contribution in [0.15, 0.2) is 54.9 Å². The topological polar surface area (TPSA) is 75.6 Å². The van der Waals surface area contributed by atoms with Crippen molar-refractivity contribution in [2.75, 3.05) is 31.2 Å². The van der Waals surface area contributed by atoms with Gasteiger partial charge in [-0.15, -0.1) is 0 Å². The summed E-state index contributed by atoms with van der Waals surface area (Å²) in [5.41, 5.74) is 1.79. The first-order chi connectivity index (χ1) is 15.1. The van der Waals surface area contributed by atoms with Gasteiger partial charge in [0.05, 0.1) is 30.9 Å². The highest BCUT2D eigenvalue weighted by Gasteiger charge is 2.35. The lowest BCUT2D eigenvalue weighted by Crippen LogP contribution is -2.37. The van der Waals surface area contributed by atoms with E-state index in [2.05, 4.69) is 9.97 Å².